The SMILES string of the molecule is CCC(=O)c1ccc(NC(C)CC(C)O)cc1. The van der Waals surface area contributed by atoms with Crippen molar-refractivity contribution in [2.24, 2.45) is 0 Å². The van der Waals surface area contributed by atoms with E-state index in [9.17, 15) is 9.90 Å². The summed E-state index contributed by atoms with van der Waals surface area (Å²) in [4.78, 5) is 11.4. The molecule has 0 saturated heterocycles. The molecule has 0 aromatic heterocycles. The molecule has 17 heavy (non-hydrogen) atoms. The minimum Gasteiger partial charge on any atom is -0.393 e. The third-order valence-corrected chi connectivity index (χ3v) is 2.64. The van der Waals surface area contributed by atoms with Gasteiger partial charge in [0.2, 0.25) is 0 Å². The summed E-state index contributed by atoms with van der Waals surface area (Å²) in [7, 11) is 0. The molecule has 1 rings (SSSR count). The second kappa shape index (κ2) is 6.40. The molecule has 1 aromatic rings. The number of carbonyl (C=O) groups is 1. The van der Waals surface area contributed by atoms with Crippen molar-refractivity contribution in [1.29, 1.82) is 0 Å². The van der Waals surface area contributed by atoms with Crippen molar-refractivity contribution in [1.82, 2.24) is 0 Å². The van der Waals surface area contributed by atoms with E-state index in [0.717, 1.165) is 11.3 Å². The van der Waals surface area contributed by atoms with Gasteiger partial charge in [0.1, 0.15) is 0 Å². The molecular formula is C14H21NO2. The number of rotatable bonds is 6. The molecule has 0 radical (unpaired) electrons. The fraction of sp³-hybridized carbons (Fsp3) is 0.500. The average Bonchev–Trinajstić information content (AvgIpc) is 2.28. The highest BCUT2D eigenvalue weighted by molar-refractivity contribution is 5.96. The van der Waals surface area contributed by atoms with Crippen LogP contribution in [0.4, 0.5) is 5.69 Å². The maximum absolute atomic E-state index is 11.4. The number of carbonyl (C=O) groups excluding carboxylic acids is 1. The average molecular weight is 235 g/mol. The summed E-state index contributed by atoms with van der Waals surface area (Å²) in [5.41, 5.74) is 1.73. The molecule has 0 aliphatic rings. The minimum absolute atomic E-state index is 0.161. The van der Waals surface area contributed by atoms with Crippen molar-refractivity contribution in [3.05, 3.63) is 29.8 Å². The van der Waals surface area contributed by atoms with Crippen LogP contribution in [-0.4, -0.2) is 23.0 Å². The van der Waals surface area contributed by atoms with Gasteiger partial charge in [-0.3, -0.25) is 4.79 Å². The van der Waals surface area contributed by atoms with Crippen LogP contribution in [0.2, 0.25) is 0 Å². The lowest BCUT2D eigenvalue weighted by Gasteiger charge is -2.16. The van der Waals surface area contributed by atoms with Gasteiger partial charge in [0.05, 0.1) is 6.10 Å². The zero-order valence-electron chi connectivity index (χ0n) is 10.7. The molecule has 2 atom stereocenters. The summed E-state index contributed by atoms with van der Waals surface area (Å²) < 4.78 is 0. The topological polar surface area (TPSA) is 49.3 Å². The number of aliphatic hydroxyl groups excluding tert-OH is 1. The smallest absolute Gasteiger partial charge is 0.162 e. The van der Waals surface area contributed by atoms with Gasteiger partial charge in [-0.2, -0.15) is 0 Å². The zero-order valence-corrected chi connectivity index (χ0v) is 10.7. The highest BCUT2D eigenvalue weighted by atomic mass is 16.3. The Balaban J connectivity index is 2.59. The van der Waals surface area contributed by atoms with Crippen LogP contribution in [-0.2, 0) is 0 Å². The van der Waals surface area contributed by atoms with Crippen molar-refractivity contribution in [2.75, 3.05) is 5.32 Å². The van der Waals surface area contributed by atoms with Crippen LogP contribution in [0.15, 0.2) is 24.3 Å². The Kier molecular flexibility index (Phi) is 5.16. The second-order valence-electron chi connectivity index (χ2n) is 4.48. The Morgan fingerprint density at radius 2 is 1.88 bits per heavy atom. The van der Waals surface area contributed by atoms with Crippen LogP contribution in [0.5, 0.6) is 0 Å². The lowest BCUT2D eigenvalue weighted by molar-refractivity contribution is 0.0988. The summed E-state index contributed by atoms with van der Waals surface area (Å²) in [6.07, 6.45) is 0.930. The fourth-order valence-electron chi connectivity index (χ4n) is 1.81. The number of hydrogen-bond acceptors (Lipinski definition) is 3. The first-order valence-corrected chi connectivity index (χ1v) is 6.10. The lowest BCUT2D eigenvalue weighted by atomic mass is 10.1. The lowest BCUT2D eigenvalue weighted by Crippen LogP contribution is -2.20. The van der Waals surface area contributed by atoms with E-state index >= 15 is 0 Å². The summed E-state index contributed by atoms with van der Waals surface area (Å²) in [5.74, 6) is 0.161. The van der Waals surface area contributed by atoms with E-state index in [1.807, 2.05) is 38.1 Å². The van der Waals surface area contributed by atoms with E-state index in [2.05, 4.69) is 5.32 Å². The molecule has 0 amide bonds. The highest BCUT2D eigenvalue weighted by Gasteiger charge is 2.06. The molecule has 2 N–H and O–H groups in total. The number of nitrogens with one attached hydrogen (secondary N) is 1. The number of benzene rings is 1. The number of aliphatic hydroxyl groups is 1. The van der Waals surface area contributed by atoms with E-state index in [1.54, 1.807) is 6.92 Å². The molecule has 0 aliphatic heterocycles. The fourth-order valence-corrected chi connectivity index (χ4v) is 1.81. The van der Waals surface area contributed by atoms with Crippen molar-refractivity contribution >= 4 is 11.5 Å². The molecule has 3 nitrogen and oxygen atoms in total. The Bertz CT molecular complexity index is 357. The van der Waals surface area contributed by atoms with Crippen molar-refractivity contribution in [2.45, 2.75) is 45.8 Å². The molecule has 0 spiro atoms. The third kappa shape index (κ3) is 4.57. The zero-order chi connectivity index (χ0) is 12.8. The Morgan fingerprint density at radius 1 is 1.29 bits per heavy atom. The van der Waals surface area contributed by atoms with Crippen LogP contribution in [0.25, 0.3) is 0 Å². The van der Waals surface area contributed by atoms with Crippen molar-refractivity contribution in [3.8, 4) is 0 Å². The minimum atomic E-state index is -0.307. The van der Waals surface area contributed by atoms with Crippen LogP contribution < -0.4 is 5.32 Å². The van der Waals surface area contributed by atoms with Gasteiger partial charge >= 0.3 is 0 Å². The third-order valence-electron chi connectivity index (χ3n) is 2.64. The van der Waals surface area contributed by atoms with Gasteiger partial charge in [-0.1, -0.05) is 6.92 Å². The second-order valence-corrected chi connectivity index (χ2v) is 4.48. The predicted octanol–water partition coefficient (Wildman–Crippen LogP) is 2.85. The van der Waals surface area contributed by atoms with Gasteiger partial charge in [-0.25, -0.2) is 0 Å². The molecule has 94 valence electrons. The predicted molar refractivity (Wildman–Crippen MR) is 70.4 cm³/mol. The van der Waals surface area contributed by atoms with E-state index in [-0.39, 0.29) is 17.9 Å². The van der Waals surface area contributed by atoms with Gasteiger partial charge in [-0.15, -0.1) is 0 Å². The summed E-state index contributed by atoms with van der Waals surface area (Å²) in [6.45, 7) is 5.66. The van der Waals surface area contributed by atoms with E-state index in [4.69, 9.17) is 0 Å². The molecule has 0 fully saturated rings. The largest absolute Gasteiger partial charge is 0.393 e. The maximum Gasteiger partial charge on any atom is 0.162 e. The molecule has 0 saturated carbocycles. The summed E-state index contributed by atoms with van der Waals surface area (Å²) in [5, 5.41) is 12.6. The first-order valence-electron chi connectivity index (χ1n) is 6.10. The van der Waals surface area contributed by atoms with Gasteiger partial charge in [0, 0.05) is 23.7 Å². The molecule has 2 unspecified atom stereocenters. The Hall–Kier alpha value is -1.35. The van der Waals surface area contributed by atoms with Crippen LogP contribution in [0.3, 0.4) is 0 Å². The normalized spacial score (nSPS) is 14.1. The first kappa shape index (κ1) is 13.7. The van der Waals surface area contributed by atoms with E-state index < -0.39 is 0 Å². The van der Waals surface area contributed by atoms with Crippen molar-refractivity contribution in [3.63, 3.8) is 0 Å². The van der Waals surface area contributed by atoms with Gasteiger partial charge in [0.15, 0.2) is 5.78 Å². The van der Waals surface area contributed by atoms with E-state index in [1.165, 1.54) is 0 Å². The Morgan fingerprint density at radius 3 is 2.35 bits per heavy atom. The van der Waals surface area contributed by atoms with Crippen LogP contribution in [0, 0.1) is 0 Å². The molecule has 0 aliphatic carbocycles. The number of anilines is 1. The van der Waals surface area contributed by atoms with Crippen molar-refractivity contribution < 1.29 is 9.90 Å². The van der Waals surface area contributed by atoms with Gasteiger partial charge in [0.25, 0.3) is 0 Å². The molecule has 1 aromatic carbocycles. The number of hydrogen-bond donors (Lipinski definition) is 2. The monoisotopic (exact) mass is 235 g/mol. The summed E-state index contributed by atoms with van der Waals surface area (Å²) in [6, 6.07) is 7.69. The van der Waals surface area contributed by atoms with E-state index in [0.29, 0.717) is 12.8 Å². The molecular weight excluding hydrogens is 214 g/mol. The number of Topliss-reactive ketones (excluding diaryl/α,β-unsaturated/α-hetero) is 1. The molecule has 0 heterocycles. The van der Waals surface area contributed by atoms with Crippen LogP contribution in [0.1, 0.15) is 44.0 Å². The number of ketones is 1. The molecule has 0 bridgehead atoms. The summed E-state index contributed by atoms with van der Waals surface area (Å²) >= 11 is 0. The molecule has 3 heteroatoms. The standard InChI is InChI=1S/C14H21NO2/c1-4-14(17)12-5-7-13(8-6-12)15-10(2)9-11(3)16/h5-8,10-11,15-16H,4,9H2,1-3H3. The van der Waals surface area contributed by atoms with Gasteiger partial charge < -0.3 is 10.4 Å². The van der Waals surface area contributed by atoms with Crippen LogP contribution >= 0.6 is 0 Å². The highest BCUT2D eigenvalue weighted by Crippen LogP contribution is 2.13. The maximum atomic E-state index is 11.4. The first-order chi connectivity index (χ1) is 8.02. The quantitative estimate of drug-likeness (QED) is 0.745. The Labute approximate surface area is 103 Å². The van der Waals surface area contributed by atoms with Gasteiger partial charge in [-0.05, 0) is 44.5 Å².